The second-order valence-corrected chi connectivity index (χ2v) is 2.81. The molecule has 0 bridgehead atoms. The van der Waals surface area contributed by atoms with E-state index < -0.39 is 5.54 Å². The van der Waals surface area contributed by atoms with Crippen LogP contribution < -0.4 is 5.73 Å². The lowest BCUT2D eigenvalue weighted by atomic mass is 9.96. The average molecular weight is 152 g/mol. The first kappa shape index (κ1) is 8.17. The summed E-state index contributed by atoms with van der Waals surface area (Å²) in [5.74, 6) is 0. The third kappa shape index (κ3) is 1.76. The topological polar surface area (TPSA) is 59.1 Å². The van der Waals surface area contributed by atoms with Crippen molar-refractivity contribution < 1.29 is 5.11 Å². The zero-order chi connectivity index (χ0) is 8.32. The van der Waals surface area contributed by atoms with Crippen molar-refractivity contribution >= 4 is 0 Å². The first-order chi connectivity index (χ1) is 5.17. The second kappa shape index (κ2) is 2.98. The Kier molecular flexibility index (Phi) is 2.22. The Morgan fingerprint density at radius 3 is 2.55 bits per heavy atom. The molecule has 1 rings (SSSR count). The van der Waals surface area contributed by atoms with Gasteiger partial charge in [0.15, 0.2) is 0 Å². The molecule has 0 saturated heterocycles. The Bertz CT molecular complexity index is 221. The smallest absolute Gasteiger partial charge is 0.0650 e. The highest BCUT2D eigenvalue weighted by molar-refractivity contribution is 5.19. The zero-order valence-corrected chi connectivity index (χ0v) is 6.49. The highest BCUT2D eigenvalue weighted by Gasteiger charge is 2.18. The summed E-state index contributed by atoms with van der Waals surface area (Å²) in [6.07, 6.45) is 3.33. The molecule has 3 N–H and O–H groups in total. The number of hydrogen-bond acceptors (Lipinski definition) is 3. The molecule has 11 heavy (non-hydrogen) atoms. The molecule has 3 nitrogen and oxygen atoms in total. The predicted molar refractivity (Wildman–Crippen MR) is 42.9 cm³/mol. The summed E-state index contributed by atoms with van der Waals surface area (Å²) < 4.78 is 0. The molecule has 0 spiro atoms. The number of pyridine rings is 1. The number of nitrogens with two attached hydrogens (primary N) is 1. The maximum atomic E-state index is 8.90. The normalized spacial score (nSPS) is 15.9. The molecule has 0 aliphatic rings. The van der Waals surface area contributed by atoms with Crippen molar-refractivity contribution in [3.05, 3.63) is 30.1 Å². The fourth-order valence-electron chi connectivity index (χ4n) is 0.824. The van der Waals surface area contributed by atoms with E-state index in [-0.39, 0.29) is 6.61 Å². The minimum Gasteiger partial charge on any atom is -0.394 e. The molecular weight excluding hydrogens is 140 g/mol. The third-order valence-electron chi connectivity index (χ3n) is 1.67. The fraction of sp³-hybridized carbons (Fsp3) is 0.375. The van der Waals surface area contributed by atoms with E-state index in [4.69, 9.17) is 10.8 Å². The maximum absolute atomic E-state index is 8.90. The Morgan fingerprint density at radius 1 is 1.55 bits per heavy atom. The standard InChI is InChI=1S/C8H12N2O/c1-8(9,6-11)7-2-4-10-5-3-7/h2-5,11H,6,9H2,1H3/t8-/m0/s1. The lowest BCUT2D eigenvalue weighted by molar-refractivity contribution is 0.210. The summed E-state index contributed by atoms with van der Waals surface area (Å²) in [5, 5.41) is 8.90. The number of aliphatic hydroxyl groups excluding tert-OH is 1. The Balaban J connectivity index is 2.93. The molecule has 0 unspecified atom stereocenters. The predicted octanol–water partition coefficient (Wildman–Crippen LogP) is 0.248. The van der Waals surface area contributed by atoms with Crippen molar-refractivity contribution in [1.29, 1.82) is 0 Å². The molecule has 0 saturated carbocycles. The van der Waals surface area contributed by atoms with Crippen molar-refractivity contribution in [2.75, 3.05) is 6.61 Å². The van der Waals surface area contributed by atoms with E-state index in [1.54, 1.807) is 31.5 Å². The van der Waals surface area contributed by atoms with Crippen LogP contribution in [0.25, 0.3) is 0 Å². The quantitative estimate of drug-likeness (QED) is 0.638. The van der Waals surface area contributed by atoms with Crippen LogP contribution in [0.5, 0.6) is 0 Å². The fourth-order valence-corrected chi connectivity index (χ4v) is 0.824. The van der Waals surface area contributed by atoms with E-state index in [1.165, 1.54) is 0 Å². The number of aliphatic hydroxyl groups is 1. The van der Waals surface area contributed by atoms with E-state index in [1.807, 2.05) is 0 Å². The Labute approximate surface area is 65.9 Å². The van der Waals surface area contributed by atoms with Crippen LogP contribution in [0.2, 0.25) is 0 Å². The van der Waals surface area contributed by atoms with Gasteiger partial charge in [0, 0.05) is 12.4 Å². The van der Waals surface area contributed by atoms with Gasteiger partial charge >= 0.3 is 0 Å². The van der Waals surface area contributed by atoms with Crippen LogP contribution in [0.1, 0.15) is 12.5 Å². The molecule has 60 valence electrons. The summed E-state index contributed by atoms with van der Waals surface area (Å²) in [4.78, 5) is 3.86. The van der Waals surface area contributed by atoms with E-state index in [0.29, 0.717) is 0 Å². The largest absolute Gasteiger partial charge is 0.394 e. The van der Waals surface area contributed by atoms with Gasteiger partial charge in [-0.2, -0.15) is 0 Å². The molecule has 1 atom stereocenters. The molecule has 0 fully saturated rings. The lowest BCUT2D eigenvalue weighted by Crippen LogP contribution is -2.36. The molecule has 0 amide bonds. The van der Waals surface area contributed by atoms with Gasteiger partial charge in [0.05, 0.1) is 12.1 Å². The second-order valence-electron chi connectivity index (χ2n) is 2.81. The average Bonchev–Trinajstić information content (AvgIpc) is 2.06. The highest BCUT2D eigenvalue weighted by atomic mass is 16.3. The number of hydrogen-bond donors (Lipinski definition) is 2. The Morgan fingerprint density at radius 2 is 2.09 bits per heavy atom. The molecule has 1 aromatic heterocycles. The third-order valence-corrected chi connectivity index (χ3v) is 1.67. The summed E-state index contributed by atoms with van der Waals surface area (Å²) in [6, 6.07) is 3.60. The first-order valence-electron chi connectivity index (χ1n) is 3.47. The van der Waals surface area contributed by atoms with Crippen LogP contribution in [0.4, 0.5) is 0 Å². The van der Waals surface area contributed by atoms with E-state index in [9.17, 15) is 0 Å². The van der Waals surface area contributed by atoms with Gasteiger partial charge in [0.1, 0.15) is 0 Å². The molecule has 1 aromatic rings. The van der Waals surface area contributed by atoms with Crippen molar-refractivity contribution in [3.63, 3.8) is 0 Å². The first-order valence-corrected chi connectivity index (χ1v) is 3.47. The SMILES string of the molecule is C[C@](N)(CO)c1ccncc1. The van der Waals surface area contributed by atoms with Gasteiger partial charge in [-0.25, -0.2) is 0 Å². The van der Waals surface area contributed by atoms with Crippen molar-refractivity contribution in [2.45, 2.75) is 12.5 Å². The van der Waals surface area contributed by atoms with Gasteiger partial charge in [-0.15, -0.1) is 0 Å². The molecule has 0 radical (unpaired) electrons. The van der Waals surface area contributed by atoms with Crippen LogP contribution >= 0.6 is 0 Å². The molecule has 0 aromatic carbocycles. The molecule has 0 aliphatic carbocycles. The number of nitrogens with zero attached hydrogens (tertiary/aromatic N) is 1. The van der Waals surface area contributed by atoms with Crippen molar-refractivity contribution in [1.82, 2.24) is 4.98 Å². The summed E-state index contributed by atoms with van der Waals surface area (Å²) in [7, 11) is 0. The summed E-state index contributed by atoms with van der Waals surface area (Å²) >= 11 is 0. The van der Waals surface area contributed by atoms with Crippen molar-refractivity contribution in [2.24, 2.45) is 5.73 Å². The van der Waals surface area contributed by atoms with E-state index in [0.717, 1.165) is 5.56 Å². The van der Waals surface area contributed by atoms with Crippen LogP contribution in [-0.2, 0) is 5.54 Å². The van der Waals surface area contributed by atoms with E-state index in [2.05, 4.69) is 4.98 Å². The van der Waals surface area contributed by atoms with Gasteiger partial charge in [0.2, 0.25) is 0 Å². The minimum absolute atomic E-state index is 0.0585. The number of rotatable bonds is 2. The molecule has 0 aliphatic heterocycles. The minimum atomic E-state index is -0.650. The molecular formula is C8H12N2O. The van der Waals surface area contributed by atoms with Crippen LogP contribution in [0.15, 0.2) is 24.5 Å². The van der Waals surface area contributed by atoms with E-state index >= 15 is 0 Å². The summed E-state index contributed by atoms with van der Waals surface area (Å²) in [6.45, 7) is 1.72. The van der Waals surface area contributed by atoms with Crippen LogP contribution in [0, 0.1) is 0 Å². The van der Waals surface area contributed by atoms with Gasteiger partial charge in [0.25, 0.3) is 0 Å². The highest BCUT2D eigenvalue weighted by Crippen LogP contribution is 2.14. The van der Waals surface area contributed by atoms with Gasteiger partial charge in [-0.05, 0) is 24.6 Å². The van der Waals surface area contributed by atoms with Gasteiger partial charge in [-0.1, -0.05) is 0 Å². The van der Waals surface area contributed by atoms with Crippen LogP contribution in [0.3, 0.4) is 0 Å². The van der Waals surface area contributed by atoms with Crippen LogP contribution in [-0.4, -0.2) is 16.7 Å². The Hall–Kier alpha value is -0.930. The van der Waals surface area contributed by atoms with Gasteiger partial charge < -0.3 is 10.8 Å². The molecule has 1 heterocycles. The van der Waals surface area contributed by atoms with Crippen molar-refractivity contribution in [3.8, 4) is 0 Å². The maximum Gasteiger partial charge on any atom is 0.0650 e. The summed E-state index contributed by atoms with van der Waals surface area (Å²) in [5.41, 5.74) is 6.01. The lowest BCUT2D eigenvalue weighted by Gasteiger charge is -2.21. The molecule has 3 heteroatoms. The monoisotopic (exact) mass is 152 g/mol. The zero-order valence-electron chi connectivity index (χ0n) is 6.49. The number of aromatic nitrogens is 1. The van der Waals surface area contributed by atoms with Gasteiger partial charge in [-0.3, -0.25) is 4.98 Å².